The van der Waals surface area contributed by atoms with Gasteiger partial charge in [-0.25, -0.2) is 13.1 Å². The monoisotopic (exact) mass is 302 g/mol. The number of aliphatic hydroxyl groups excluding tert-OH is 1. The molecule has 1 aliphatic heterocycles. The molecule has 0 aliphatic carbocycles. The van der Waals surface area contributed by atoms with Crippen LogP contribution in [0.1, 0.15) is 19.3 Å². The number of likely N-dealkylation sites (tertiary alicyclic amines) is 1. The van der Waals surface area contributed by atoms with E-state index in [9.17, 15) is 8.42 Å². The van der Waals surface area contributed by atoms with Crippen molar-refractivity contribution in [2.45, 2.75) is 30.7 Å². The molecule has 0 bridgehead atoms. The second kappa shape index (κ2) is 7.16. The Kier molecular flexibility index (Phi) is 5.53. The number of nitrogens with zero attached hydrogens (tertiary/aromatic N) is 3. The Balaban J connectivity index is 1.77. The third kappa shape index (κ3) is 4.27. The fourth-order valence-corrected chi connectivity index (χ4v) is 3.33. The molecule has 0 radical (unpaired) electrons. The number of rotatable bonds is 8. The van der Waals surface area contributed by atoms with E-state index in [-0.39, 0.29) is 11.5 Å². The molecule has 7 nitrogen and oxygen atoms in total. The molecule has 1 aromatic heterocycles. The lowest BCUT2D eigenvalue weighted by Crippen LogP contribution is -2.28. The van der Waals surface area contributed by atoms with Gasteiger partial charge in [-0.1, -0.05) is 0 Å². The first kappa shape index (κ1) is 15.4. The van der Waals surface area contributed by atoms with Crippen LogP contribution in [-0.4, -0.2) is 61.0 Å². The molecule has 0 amide bonds. The maximum absolute atomic E-state index is 12.0. The van der Waals surface area contributed by atoms with Gasteiger partial charge in [0, 0.05) is 12.7 Å². The van der Waals surface area contributed by atoms with Crippen molar-refractivity contribution in [2.75, 3.05) is 32.8 Å². The number of sulfonamides is 1. The van der Waals surface area contributed by atoms with E-state index in [1.54, 1.807) is 0 Å². The van der Waals surface area contributed by atoms with E-state index in [1.807, 2.05) is 0 Å². The van der Waals surface area contributed by atoms with Gasteiger partial charge in [0.2, 0.25) is 10.0 Å². The molecule has 0 spiro atoms. The van der Waals surface area contributed by atoms with Crippen molar-refractivity contribution in [1.29, 1.82) is 0 Å². The predicted molar refractivity (Wildman–Crippen MR) is 74.8 cm³/mol. The summed E-state index contributed by atoms with van der Waals surface area (Å²) in [4.78, 5) is 2.50. The van der Waals surface area contributed by atoms with Crippen molar-refractivity contribution in [3.05, 3.63) is 12.4 Å². The Hall–Kier alpha value is -0.960. The molecule has 0 aromatic carbocycles. The van der Waals surface area contributed by atoms with Crippen molar-refractivity contribution in [2.24, 2.45) is 0 Å². The van der Waals surface area contributed by atoms with Crippen LogP contribution >= 0.6 is 0 Å². The second-order valence-electron chi connectivity index (χ2n) is 4.96. The molecular formula is C12H22N4O3S. The van der Waals surface area contributed by atoms with Gasteiger partial charge in [0.05, 0.1) is 19.3 Å². The molecule has 1 saturated heterocycles. The highest BCUT2D eigenvalue weighted by atomic mass is 32.2. The van der Waals surface area contributed by atoms with Gasteiger partial charge in [0.15, 0.2) is 0 Å². The third-order valence-corrected chi connectivity index (χ3v) is 4.81. The van der Waals surface area contributed by atoms with Crippen LogP contribution in [0.5, 0.6) is 0 Å². The van der Waals surface area contributed by atoms with E-state index in [2.05, 4.69) is 14.7 Å². The van der Waals surface area contributed by atoms with Crippen LogP contribution in [0.25, 0.3) is 0 Å². The standard InChI is InChI=1S/C12H22N4O3S/c17-9-8-16-11-12(10-13-16)20(18,19)14-4-3-7-15-5-1-2-6-15/h10-11,14,17H,1-9H2. The zero-order valence-electron chi connectivity index (χ0n) is 11.5. The average Bonchev–Trinajstić information content (AvgIpc) is 3.06. The number of hydrogen-bond donors (Lipinski definition) is 2. The molecule has 0 saturated carbocycles. The summed E-state index contributed by atoms with van der Waals surface area (Å²) in [5.74, 6) is 0. The van der Waals surface area contributed by atoms with Crippen molar-refractivity contribution in [3.8, 4) is 0 Å². The summed E-state index contributed by atoms with van der Waals surface area (Å²) >= 11 is 0. The summed E-state index contributed by atoms with van der Waals surface area (Å²) in [6.07, 6.45) is 6.03. The van der Waals surface area contributed by atoms with E-state index >= 15 is 0 Å². The summed E-state index contributed by atoms with van der Waals surface area (Å²) in [6.45, 7) is 3.85. The molecule has 8 heteroatoms. The normalized spacial score (nSPS) is 16.9. The lowest BCUT2D eigenvalue weighted by Gasteiger charge is -2.14. The van der Waals surface area contributed by atoms with Crippen LogP contribution in [0, 0.1) is 0 Å². The van der Waals surface area contributed by atoms with E-state index in [0.29, 0.717) is 13.1 Å². The molecule has 0 atom stereocenters. The van der Waals surface area contributed by atoms with Gasteiger partial charge in [-0.15, -0.1) is 0 Å². The number of nitrogens with one attached hydrogen (secondary N) is 1. The highest BCUT2D eigenvalue weighted by Gasteiger charge is 2.16. The van der Waals surface area contributed by atoms with Crippen LogP contribution < -0.4 is 4.72 Å². The molecule has 2 N–H and O–H groups in total. The SMILES string of the molecule is O=S(=O)(NCCCN1CCCC1)c1cnn(CCO)c1. The summed E-state index contributed by atoms with van der Waals surface area (Å²) in [7, 11) is -3.49. The molecule has 114 valence electrons. The summed E-state index contributed by atoms with van der Waals surface area (Å²) in [5.41, 5.74) is 0. The lowest BCUT2D eigenvalue weighted by atomic mass is 10.4. The van der Waals surface area contributed by atoms with Crippen LogP contribution in [0.3, 0.4) is 0 Å². The second-order valence-corrected chi connectivity index (χ2v) is 6.73. The van der Waals surface area contributed by atoms with E-state index < -0.39 is 10.0 Å². The topological polar surface area (TPSA) is 87.5 Å². The summed E-state index contributed by atoms with van der Waals surface area (Å²) < 4.78 is 28.0. The first-order valence-corrected chi connectivity index (χ1v) is 8.45. The maximum Gasteiger partial charge on any atom is 0.243 e. The maximum atomic E-state index is 12.0. The van der Waals surface area contributed by atoms with Gasteiger partial charge in [0.25, 0.3) is 0 Å². The van der Waals surface area contributed by atoms with Gasteiger partial charge in [-0.05, 0) is 38.9 Å². The lowest BCUT2D eigenvalue weighted by molar-refractivity contribution is 0.269. The van der Waals surface area contributed by atoms with E-state index in [0.717, 1.165) is 26.1 Å². The Labute approximate surface area is 119 Å². The fraction of sp³-hybridized carbons (Fsp3) is 0.750. The Morgan fingerprint density at radius 2 is 2.05 bits per heavy atom. The Morgan fingerprint density at radius 1 is 1.30 bits per heavy atom. The van der Waals surface area contributed by atoms with E-state index in [1.165, 1.54) is 29.9 Å². The van der Waals surface area contributed by atoms with Crippen LogP contribution in [0.15, 0.2) is 17.3 Å². The van der Waals surface area contributed by atoms with Crippen LogP contribution in [-0.2, 0) is 16.6 Å². The van der Waals surface area contributed by atoms with Gasteiger partial charge in [0.1, 0.15) is 4.90 Å². The van der Waals surface area contributed by atoms with Gasteiger partial charge < -0.3 is 10.0 Å². The quantitative estimate of drug-likeness (QED) is 0.640. The molecule has 1 aliphatic rings. The zero-order valence-corrected chi connectivity index (χ0v) is 12.3. The smallest absolute Gasteiger partial charge is 0.243 e. The van der Waals surface area contributed by atoms with Crippen molar-refractivity contribution in [1.82, 2.24) is 19.4 Å². The minimum absolute atomic E-state index is 0.0650. The molecule has 1 fully saturated rings. The largest absolute Gasteiger partial charge is 0.394 e. The summed E-state index contributed by atoms with van der Waals surface area (Å²) in [5, 5.41) is 12.7. The fourth-order valence-electron chi connectivity index (χ4n) is 2.31. The highest BCUT2D eigenvalue weighted by molar-refractivity contribution is 7.89. The molecule has 20 heavy (non-hydrogen) atoms. The highest BCUT2D eigenvalue weighted by Crippen LogP contribution is 2.08. The van der Waals surface area contributed by atoms with Gasteiger partial charge >= 0.3 is 0 Å². The predicted octanol–water partition coefficient (Wildman–Crippen LogP) is -0.360. The van der Waals surface area contributed by atoms with E-state index in [4.69, 9.17) is 5.11 Å². The molecular weight excluding hydrogens is 280 g/mol. The number of hydrogen-bond acceptors (Lipinski definition) is 5. The average molecular weight is 302 g/mol. The van der Waals surface area contributed by atoms with Gasteiger partial charge in [-0.3, -0.25) is 4.68 Å². The third-order valence-electron chi connectivity index (χ3n) is 3.39. The number of aromatic nitrogens is 2. The van der Waals surface area contributed by atoms with Crippen LogP contribution in [0.4, 0.5) is 0 Å². The minimum atomic E-state index is -3.49. The molecule has 2 rings (SSSR count). The summed E-state index contributed by atoms with van der Waals surface area (Å²) in [6, 6.07) is 0. The first-order chi connectivity index (χ1) is 9.62. The van der Waals surface area contributed by atoms with Crippen molar-refractivity contribution in [3.63, 3.8) is 0 Å². The first-order valence-electron chi connectivity index (χ1n) is 6.97. The van der Waals surface area contributed by atoms with Gasteiger partial charge in [-0.2, -0.15) is 5.10 Å². The van der Waals surface area contributed by atoms with Crippen molar-refractivity contribution >= 4 is 10.0 Å². The minimum Gasteiger partial charge on any atom is -0.394 e. The molecule has 0 unspecified atom stereocenters. The molecule has 1 aromatic rings. The Bertz CT molecular complexity index is 509. The molecule has 2 heterocycles. The number of aliphatic hydroxyl groups is 1. The van der Waals surface area contributed by atoms with Crippen molar-refractivity contribution < 1.29 is 13.5 Å². The van der Waals surface area contributed by atoms with Crippen LogP contribution in [0.2, 0.25) is 0 Å². The zero-order chi connectivity index (χ0) is 14.4. The Morgan fingerprint density at radius 3 is 2.75 bits per heavy atom.